The third kappa shape index (κ3) is 21.2. The summed E-state index contributed by atoms with van der Waals surface area (Å²) < 4.78 is 44.3. The molecule has 5 aromatic heterocycles. The molecule has 6 aromatic rings. The van der Waals surface area contributed by atoms with E-state index in [2.05, 4.69) is 77.9 Å². The lowest BCUT2D eigenvalue weighted by atomic mass is 9.88. The van der Waals surface area contributed by atoms with Gasteiger partial charge in [-0.1, -0.05) is 259 Å². The van der Waals surface area contributed by atoms with Crippen molar-refractivity contribution in [2.75, 3.05) is 0 Å². The highest BCUT2D eigenvalue weighted by Crippen LogP contribution is 2.49. The van der Waals surface area contributed by atoms with Gasteiger partial charge in [-0.05, 0) is 86.1 Å². The summed E-state index contributed by atoms with van der Waals surface area (Å²) in [6, 6.07) is 13.4. The normalized spacial score (nSPS) is 12.7. The summed E-state index contributed by atoms with van der Waals surface area (Å²) in [6.45, 7) is 13.5. The molecule has 77 heavy (non-hydrogen) atoms. The van der Waals surface area contributed by atoms with Crippen LogP contribution in [0.2, 0.25) is 0 Å². The van der Waals surface area contributed by atoms with Crippen molar-refractivity contribution in [3.63, 3.8) is 0 Å². The van der Waals surface area contributed by atoms with Gasteiger partial charge in [-0.25, -0.2) is 8.78 Å². The number of hydrogen-bond donors (Lipinski definition) is 0. The molecule has 1 aromatic carbocycles. The molecule has 0 aliphatic carbocycles. The minimum Gasteiger partial charge on any atom is -0.203 e. The second-order valence-electron chi connectivity index (χ2n) is 23.3. The monoisotopic (exact) mass is 1140 g/mol. The molecule has 0 amide bonds. The Hall–Kier alpha value is -2.30. The van der Waals surface area contributed by atoms with E-state index in [1.165, 1.54) is 272 Å². The van der Waals surface area contributed by atoms with Gasteiger partial charge in [-0.3, -0.25) is 0 Å². The average Bonchev–Trinajstić information content (AvgIpc) is 4.31. The standard InChI is InChI=1S/C68H102F2N2S5/c1-7-11-15-19-23-25-29-33-36-40-53(39-35-31-27-21-17-13-9-3)47-55-49-60(74-52(55)6)62-64(69)65(70)63(67-66(62)71-77-72-67)61-50-56(68(76-61)59-46-45-58(75-59)57-44-43-51(5)73-57)48-54(41-37-32-28-22-18-14-10-4)42-38-34-30-26-24-20-16-12-8-2/h43-46,49-50,53-54H,7-42,47-48H2,1-6H3. The van der Waals surface area contributed by atoms with E-state index in [1.807, 2.05) is 22.7 Å². The maximum atomic E-state index is 17.4. The van der Waals surface area contributed by atoms with Crippen LogP contribution >= 0.6 is 57.1 Å². The van der Waals surface area contributed by atoms with Crippen molar-refractivity contribution in [1.29, 1.82) is 0 Å². The van der Waals surface area contributed by atoms with Crippen molar-refractivity contribution in [2.24, 2.45) is 11.8 Å². The number of fused-ring (bicyclic) bond motifs is 1. The minimum absolute atomic E-state index is 0.282. The van der Waals surface area contributed by atoms with Crippen molar-refractivity contribution < 1.29 is 8.78 Å². The quantitative estimate of drug-likeness (QED) is 0.0356. The number of aryl methyl sites for hydroxylation is 2. The van der Waals surface area contributed by atoms with E-state index in [4.69, 9.17) is 8.75 Å². The lowest BCUT2D eigenvalue weighted by Gasteiger charge is -2.17. The fourth-order valence-corrected chi connectivity index (χ4v) is 16.9. The molecule has 2 nitrogen and oxygen atoms in total. The Morgan fingerprint density at radius 1 is 0.377 bits per heavy atom. The Morgan fingerprint density at radius 2 is 0.727 bits per heavy atom. The first-order chi connectivity index (χ1) is 37.8. The molecule has 428 valence electrons. The van der Waals surface area contributed by atoms with Crippen LogP contribution in [0.5, 0.6) is 0 Å². The molecule has 0 aliphatic heterocycles. The van der Waals surface area contributed by atoms with Crippen LogP contribution in [0.1, 0.15) is 280 Å². The molecule has 0 spiro atoms. The smallest absolute Gasteiger partial charge is 0.170 e. The van der Waals surface area contributed by atoms with E-state index in [9.17, 15) is 0 Å². The molecule has 6 rings (SSSR count). The maximum Gasteiger partial charge on any atom is 0.170 e. The van der Waals surface area contributed by atoms with E-state index >= 15 is 8.78 Å². The van der Waals surface area contributed by atoms with Gasteiger partial charge in [0.25, 0.3) is 0 Å². The van der Waals surface area contributed by atoms with E-state index in [0.29, 0.717) is 28.4 Å². The summed E-state index contributed by atoms with van der Waals surface area (Å²) in [5.74, 6) is -0.410. The first-order valence-corrected chi connectivity index (χ1v) is 35.8. The van der Waals surface area contributed by atoms with Crippen LogP contribution in [-0.4, -0.2) is 8.75 Å². The molecule has 0 radical (unpaired) electrons. The predicted molar refractivity (Wildman–Crippen MR) is 343 cm³/mol. The van der Waals surface area contributed by atoms with Gasteiger partial charge in [-0.15, -0.1) is 45.3 Å². The lowest BCUT2D eigenvalue weighted by Crippen LogP contribution is -2.06. The fourth-order valence-electron chi connectivity index (χ4n) is 11.9. The maximum absolute atomic E-state index is 17.4. The van der Waals surface area contributed by atoms with Gasteiger partial charge in [-0.2, -0.15) is 8.75 Å². The predicted octanol–water partition coefficient (Wildman–Crippen LogP) is 25.9. The fraction of sp³-hybridized carbons (Fsp3) is 0.676. The summed E-state index contributed by atoms with van der Waals surface area (Å²) in [5, 5.41) is 0. The summed E-state index contributed by atoms with van der Waals surface area (Å²) in [6.07, 6.45) is 49.5. The molecular weight excluding hydrogens is 1040 g/mol. The molecule has 2 unspecified atom stereocenters. The van der Waals surface area contributed by atoms with Gasteiger partial charge < -0.3 is 0 Å². The number of nitrogens with zero attached hydrogens (tertiary/aromatic N) is 2. The number of halogens is 2. The third-order valence-corrected chi connectivity index (χ3v) is 21.9. The number of benzene rings is 1. The van der Waals surface area contributed by atoms with Gasteiger partial charge in [0.15, 0.2) is 11.6 Å². The zero-order valence-corrected chi connectivity index (χ0v) is 53.3. The molecule has 0 saturated carbocycles. The zero-order chi connectivity index (χ0) is 54.5. The van der Waals surface area contributed by atoms with E-state index in [-0.39, 0.29) is 5.56 Å². The Labute approximate surface area is 488 Å². The van der Waals surface area contributed by atoms with Crippen molar-refractivity contribution >= 4 is 68.1 Å². The van der Waals surface area contributed by atoms with E-state index < -0.39 is 11.6 Å². The molecule has 0 aliphatic rings. The van der Waals surface area contributed by atoms with Gasteiger partial charge in [0, 0.05) is 39.0 Å². The molecule has 0 fully saturated rings. The van der Waals surface area contributed by atoms with E-state index in [0.717, 1.165) is 34.3 Å². The van der Waals surface area contributed by atoms with Crippen LogP contribution in [0.3, 0.4) is 0 Å². The van der Waals surface area contributed by atoms with Gasteiger partial charge in [0.1, 0.15) is 11.0 Å². The molecule has 9 heteroatoms. The molecule has 2 atom stereocenters. The topological polar surface area (TPSA) is 25.8 Å². The van der Waals surface area contributed by atoms with Gasteiger partial charge in [0.05, 0.1) is 22.9 Å². The van der Waals surface area contributed by atoms with Gasteiger partial charge in [0.2, 0.25) is 0 Å². The number of hydrogen-bond acceptors (Lipinski definition) is 7. The highest BCUT2D eigenvalue weighted by atomic mass is 32.1. The first kappa shape index (κ1) is 63.9. The molecule has 5 heterocycles. The number of aromatic nitrogens is 2. The number of thiophene rings is 4. The summed E-state index contributed by atoms with van der Waals surface area (Å²) in [5.41, 5.74) is 4.13. The Kier molecular flexibility index (Phi) is 30.6. The highest BCUT2D eigenvalue weighted by Gasteiger charge is 2.29. The third-order valence-electron chi connectivity index (χ3n) is 16.6. The van der Waals surface area contributed by atoms with Crippen LogP contribution in [-0.2, 0) is 12.8 Å². The van der Waals surface area contributed by atoms with Crippen LogP contribution in [0.25, 0.3) is 51.4 Å². The average molecular weight is 1150 g/mol. The summed E-state index contributed by atoms with van der Waals surface area (Å²) in [7, 11) is 0. The Morgan fingerprint density at radius 3 is 1.14 bits per heavy atom. The summed E-state index contributed by atoms with van der Waals surface area (Å²) >= 11 is 7.99. The van der Waals surface area contributed by atoms with Crippen molar-refractivity contribution in [3.05, 3.63) is 68.9 Å². The summed E-state index contributed by atoms with van der Waals surface area (Å²) in [4.78, 5) is 9.03. The van der Waals surface area contributed by atoms with Crippen molar-refractivity contribution in [2.45, 2.75) is 286 Å². The van der Waals surface area contributed by atoms with E-state index in [1.54, 1.807) is 22.7 Å². The Bertz CT molecular complexity index is 2500. The van der Waals surface area contributed by atoms with Crippen LogP contribution in [0.15, 0.2) is 36.4 Å². The SMILES string of the molecule is CCCCCCCCCCCC(CCCCCCCCC)Cc1cc(-c2c(F)c(F)c(-c3cc(CC(CCCCCCCCC)CCCCCCCCCCC)c(-c4ccc(-c5ccc(C)s5)s4)s3)c3nsnc23)sc1C. The second kappa shape index (κ2) is 36.9. The van der Waals surface area contributed by atoms with Crippen LogP contribution in [0, 0.1) is 37.3 Å². The second-order valence-corrected chi connectivity index (χ2v) is 28.5. The number of unbranched alkanes of at least 4 members (excludes halogenated alkanes) is 28. The molecule has 0 N–H and O–H groups in total. The first-order valence-electron chi connectivity index (χ1n) is 31.8. The van der Waals surface area contributed by atoms with Crippen molar-refractivity contribution in [1.82, 2.24) is 8.75 Å². The lowest BCUT2D eigenvalue weighted by molar-refractivity contribution is 0.400. The molecular formula is C68H102F2N2S5. The molecule has 0 saturated heterocycles. The minimum atomic E-state index is -0.787. The van der Waals surface area contributed by atoms with Crippen LogP contribution in [0.4, 0.5) is 8.78 Å². The number of rotatable bonds is 44. The van der Waals surface area contributed by atoms with Crippen molar-refractivity contribution in [3.8, 4) is 40.4 Å². The largest absolute Gasteiger partial charge is 0.203 e. The molecule has 0 bridgehead atoms. The van der Waals surface area contributed by atoms with Crippen LogP contribution < -0.4 is 0 Å². The van der Waals surface area contributed by atoms with Gasteiger partial charge >= 0.3 is 0 Å². The zero-order valence-electron chi connectivity index (χ0n) is 49.2. The Balaban J connectivity index is 1.25. The highest BCUT2D eigenvalue weighted by molar-refractivity contribution is 7.27.